The fraction of sp³-hybridized carbons (Fsp3) is 0.167. The molecule has 0 saturated carbocycles. The molecule has 5 heteroatoms. The van der Waals surface area contributed by atoms with E-state index >= 15 is 0 Å². The number of benzene rings is 1. The molecule has 0 radical (unpaired) electrons. The molecule has 0 aliphatic heterocycles. The van der Waals surface area contributed by atoms with Crippen LogP contribution >= 0.6 is 0 Å². The molecule has 0 bridgehead atoms. The second-order valence-corrected chi connectivity index (χ2v) is 5.03. The first-order valence-electron chi connectivity index (χ1n) is 7.25. The van der Waals surface area contributed by atoms with Gasteiger partial charge in [0.2, 0.25) is 0 Å². The Bertz CT molecular complexity index is 746. The molecule has 3 rings (SSSR count). The standard InChI is InChI=1S/C18H17NO4/c1-21-12-14-9-10-16(23-14)18(20)19-17(15-8-5-11-22-15)13-6-3-2-4-7-13/h2-11,17H,12H2,1H3,(H,19,20). The van der Waals surface area contributed by atoms with Crippen molar-refractivity contribution in [3.05, 3.63) is 83.7 Å². The van der Waals surface area contributed by atoms with Crippen molar-refractivity contribution in [2.24, 2.45) is 0 Å². The van der Waals surface area contributed by atoms with Crippen molar-refractivity contribution in [3.8, 4) is 0 Å². The van der Waals surface area contributed by atoms with Gasteiger partial charge in [0.25, 0.3) is 5.91 Å². The van der Waals surface area contributed by atoms with Crippen LogP contribution in [0.5, 0.6) is 0 Å². The first-order chi connectivity index (χ1) is 11.3. The minimum atomic E-state index is -0.380. The van der Waals surface area contributed by atoms with Gasteiger partial charge in [-0.1, -0.05) is 30.3 Å². The summed E-state index contributed by atoms with van der Waals surface area (Å²) in [7, 11) is 1.57. The van der Waals surface area contributed by atoms with Crippen molar-refractivity contribution in [2.75, 3.05) is 7.11 Å². The molecule has 118 valence electrons. The first kappa shape index (κ1) is 15.1. The Morgan fingerprint density at radius 3 is 2.65 bits per heavy atom. The molecule has 23 heavy (non-hydrogen) atoms. The average molecular weight is 311 g/mol. The van der Waals surface area contributed by atoms with Gasteiger partial charge in [0.15, 0.2) is 5.76 Å². The van der Waals surface area contributed by atoms with E-state index in [-0.39, 0.29) is 17.7 Å². The normalized spacial score (nSPS) is 12.0. The largest absolute Gasteiger partial charge is 0.467 e. The van der Waals surface area contributed by atoms with E-state index in [0.717, 1.165) is 5.56 Å². The topological polar surface area (TPSA) is 64.6 Å². The number of hydrogen-bond acceptors (Lipinski definition) is 4. The molecule has 1 aromatic carbocycles. The van der Waals surface area contributed by atoms with Crippen LogP contribution in [-0.2, 0) is 11.3 Å². The molecule has 5 nitrogen and oxygen atoms in total. The van der Waals surface area contributed by atoms with E-state index < -0.39 is 0 Å². The monoisotopic (exact) mass is 311 g/mol. The highest BCUT2D eigenvalue weighted by atomic mass is 16.5. The van der Waals surface area contributed by atoms with E-state index in [1.54, 1.807) is 31.6 Å². The summed E-state index contributed by atoms with van der Waals surface area (Å²) in [5, 5.41) is 2.94. The summed E-state index contributed by atoms with van der Waals surface area (Å²) in [5.74, 6) is 1.20. The van der Waals surface area contributed by atoms with Gasteiger partial charge < -0.3 is 18.9 Å². The van der Waals surface area contributed by atoms with Crippen LogP contribution in [0, 0.1) is 0 Å². The van der Waals surface area contributed by atoms with Crippen LogP contribution in [0.15, 0.2) is 69.7 Å². The summed E-state index contributed by atoms with van der Waals surface area (Å²) in [6.07, 6.45) is 1.58. The minimum absolute atomic E-state index is 0.240. The Kier molecular flexibility index (Phi) is 4.59. The molecule has 1 atom stereocenters. The smallest absolute Gasteiger partial charge is 0.287 e. The SMILES string of the molecule is COCc1ccc(C(=O)NC(c2ccccc2)c2ccco2)o1. The van der Waals surface area contributed by atoms with E-state index in [0.29, 0.717) is 18.1 Å². The quantitative estimate of drug-likeness (QED) is 0.756. The predicted molar refractivity (Wildman–Crippen MR) is 83.9 cm³/mol. The lowest BCUT2D eigenvalue weighted by Crippen LogP contribution is -2.28. The van der Waals surface area contributed by atoms with Crippen molar-refractivity contribution in [2.45, 2.75) is 12.6 Å². The van der Waals surface area contributed by atoms with E-state index in [1.807, 2.05) is 36.4 Å². The van der Waals surface area contributed by atoms with Gasteiger partial charge in [-0.15, -0.1) is 0 Å². The summed E-state index contributed by atoms with van der Waals surface area (Å²) in [5.41, 5.74) is 0.930. The molecule has 1 amide bonds. The van der Waals surface area contributed by atoms with Crippen molar-refractivity contribution in [1.82, 2.24) is 5.32 Å². The van der Waals surface area contributed by atoms with Crippen molar-refractivity contribution in [3.63, 3.8) is 0 Å². The fourth-order valence-electron chi connectivity index (χ4n) is 2.34. The van der Waals surface area contributed by atoms with Gasteiger partial charge in [0.05, 0.1) is 6.26 Å². The second-order valence-electron chi connectivity index (χ2n) is 5.03. The predicted octanol–water partition coefficient (Wildman–Crippen LogP) is 3.54. The van der Waals surface area contributed by atoms with Crippen LogP contribution in [-0.4, -0.2) is 13.0 Å². The van der Waals surface area contributed by atoms with Crippen LogP contribution in [0.3, 0.4) is 0 Å². The molecule has 2 heterocycles. The number of amides is 1. The van der Waals surface area contributed by atoms with Gasteiger partial charge in [-0.25, -0.2) is 0 Å². The Morgan fingerprint density at radius 1 is 1.13 bits per heavy atom. The molecule has 0 spiro atoms. The van der Waals surface area contributed by atoms with Crippen LogP contribution in [0.25, 0.3) is 0 Å². The number of nitrogens with one attached hydrogen (secondary N) is 1. The summed E-state index contributed by atoms with van der Waals surface area (Å²) in [6.45, 7) is 0.327. The highest BCUT2D eigenvalue weighted by Gasteiger charge is 2.21. The molecule has 2 aromatic heterocycles. The molecule has 0 aliphatic rings. The average Bonchev–Trinajstić information content (AvgIpc) is 3.25. The summed E-state index contributed by atoms with van der Waals surface area (Å²) in [6, 6.07) is 16.2. The summed E-state index contributed by atoms with van der Waals surface area (Å²) in [4.78, 5) is 12.5. The molecule has 0 fully saturated rings. The van der Waals surface area contributed by atoms with Crippen molar-refractivity contribution >= 4 is 5.91 Å². The lowest BCUT2D eigenvalue weighted by Gasteiger charge is -2.16. The number of ether oxygens (including phenoxy) is 1. The first-order valence-corrected chi connectivity index (χ1v) is 7.25. The van der Waals surface area contributed by atoms with Crippen molar-refractivity contribution in [1.29, 1.82) is 0 Å². The molecule has 3 aromatic rings. The third-order valence-corrected chi connectivity index (χ3v) is 3.41. The van der Waals surface area contributed by atoms with Crippen LogP contribution in [0.2, 0.25) is 0 Å². The lowest BCUT2D eigenvalue weighted by molar-refractivity contribution is 0.0902. The van der Waals surface area contributed by atoms with E-state index in [9.17, 15) is 4.79 Å². The zero-order valence-corrected chi connectivity index (χ0v) is 12.7. The third-order valence-electron chi connectivity index (χ3n) is 3.41. The van der Waals surface area contributed by atoms with Gasteiger partial charge in [-0.3, -0.25) is 4.79 Å². The number of furan rings is 2. The van der Waals surface area contributed by atoms with E-state index in [2.05, 4.69) is 5.32 Å². The lowest BCUT2D eigenvalue weighted by atomic mass is 10.0. The molecule has 1 N–H and O–H groups in total. The molecular weight excluding hydrogens is 294 g/mol. The zero-order valence-electron chi connectivity index (χ0n) is 12.7. The summed E-state index contributed by atoms with van der Waals surface area (Å²) >= 11 is 0. The fourth-order valence-corrected chi connectivity index (χ4v) is 2.34. The number of carbonyl (C=O) groups excluding carboxylic acids is 1. The maximum Gasteiger partial charge on any atom is 0.287 e. The van der Waals surface area contributed by atoms with Gasteiger partial charge in [-0.05, 0) is 29.8 Å². The summed E-state index contributed by atoms with van der Waals surface area (Å²) < 4.78 is 15.9. The van der Waals surface area contributed by atoms with Gasteiger partial charge in [-0.2, -0.15) is 0 Å². The Hall–Kier alpha value is -2.79. The molecular formula is C18H17NO4. The maximum atomic E-state index is 12.5. The zero-order chi connectivity index (χ0) is 16.1. The van der Waals surface area contributed by atoms with Gasteiger partial charge in [0, 0.05) is 7.11 Å². The van der Waals surface area contributed by atoms with Crippen LogP contribution < -0.4 is 5.32 Å². The third kappa shape index (κ3) is 3.52. The van der Waals surface area contributed by atoms with E-state index in [4.69, 9.17) is 13.6 Å². The van der Waals surface area contributed by atoms with Gasteiger partial charge in [0.1, 0.15) is 24.2 Å². The van der Waals surface area contributed by atoms with Crippen LogP contribution in [0.4, 0.5) is 0 Å². The van der Waals surface area contributed by atoms with Gasteiger partial charge >= 0.3 is 0 Å². The van der Waals surface area contributed by atoms with Crippen molar-refractivity contribution < 1.29 is 18.4 Å². The minimum Gasteiger partial charge on any atom is -0.467 e. The molecule has 0 saturated heterocycles. The number of hydrogen-bond donors (Lipinski definition) is 1. The Balaban J connectivity index is 1.82. The second kappa shape index (κ2) is 6.98. The Labute approximate surface area is 133 Å². The molecule has 0 aliphatic carbocycles. The van der Waals surface area contributed by atoms with Crippen LogP contribution in [0.1, 0.15) is 33.7 Å². The highest BCUT2D eigenvalue weighted by Crippen LogP contribution is 2.23. The number of rotatable bonds is 6. The number of methoxy groups -OCH3 is 1. The Morgan fingerprint density at radius 2 is 1.96 bits per heavy atom. The van der Waals surface area contributed by atoms with E-state index in [1.165, 1.54) is 0 Å². The number of carbonyl (C=O) groups is 1. The maximum absolute atomic E-state index is 12.5. The highest BCUT2D eigenvalue weighted by molar-refractivity contribution is 5.92. The molecule has 1 unspecified atom stereocenters.